The molecule has 5 nitrogen and oxygen atoms in total. The van der Waals surface area contributed by atoms with Crippen molar-refractivity contribution in [1.29, 1.82) is 0 Å². The van der Waals surface area contributed by atoms with Crippen LogP contribution in [0.4, 0.5) is 4.39 Å². The number of aryl methyl sites for hydroxylation is 2. The zero-order valence-corrected chi connectivity index (χ0v) is 13.8. The van der Waals surface area contributed by atoms with Crippen LogP contribution in [0.2, 0.25) is 0 Å². The van der Waals surface area contributed by atoms with Crippen molar-refractivity contribution in [3.8, 4) is 5.75 Å². The highest BCUT2D eigenvalue weighted by Gasteiger charge is 2.17. The molecule has 0 saturated carbocycles. The molecule has 6 heteroatoms. The predicted molar refractivity (Wildman–Crippen MR) is 95.1 cm³/mol. The molecule has 0 aliphatic carbocycles. The molecule has 0 radical (unpaired) electrons. The zero-order valence-electron chi connectivity index (χ0n) is 13.8. The molecule has 4 rings (SSSR count). The van der Waals surface area contributed by atoms with E-state index in [1.54, 1.807) is 18.5 Å². The van der Waals surface area contributed by atoms with E-state index in [0.29, 0.717) is 5.52 Å². The number of ether oxygens (including phenoxy) is 1. The van der Waals surface area contributed by atoms with E-state index in [1.165, 1.54) is 6.07 Å². The van der Waals surface area contributed by atoms with Gasteiger partial charge >= 0.3 is 0 Å². The first-order valence-corrected chi connectivity index (χ1v) is 7.83. The molecule has 0 bridgehead atoms. The standard InChI is InChI=1S/C19H16FN3O2/c1-10-13-3-4-22-8-11(13)5-14-15-6-12(25-9-17(21)24)7-16(20)19(15)23(2)18(10)14/h3-8H,9H2,1-2H3,(H2,21,24). The Bertz CT molecular complexity index is 1160. The van der Waals surface area contributed by atoms with Crippen LogP contribution in [0.5, 0.6) is 5.75 Å². The van der Waals surface area contributed by atoms with Crippen LogP contribution >= 0.6 is 0 Å². The van der Waals surface area contributed by atoms with E-state index in [9.17, 15) is 9.18 Å². The molecule has 0 spiro atoms. The number of fused-ring (bicyclic) bond motifs is 4. The summed E-state index contributed by atoms with van der Waals surface area (Å²) in [6, 6.07) is 6.98. The molecule has 0 aliphatic heterocycles. The van der Waals surface area contributed by atoms with Gasteiger partial charge in [-0.1, -0.05) is 0 Å². The van der Waals surface area contributed by atoms with E-state index in [-0.39, 0.29) is 12.4 Å². The van der Waals surface area contributed by atoms with Crippen LogP contribution in [0, 0.1) is 12.7 Å². The Hall–Kier alpha value is -3.15. The highest BCUT2D eigenvalue weighted by atomic mass is 19.1. The van der Waals surface area contributed by atoms with Gasteiger partial charge in [0.25, 0.3) is 5.91 Å². The van der Waals surface area contributed by atoms with Gasteiger partial charge in [-0.25, -0.2) is 4.39 Å². The normalized spacial score (nSPS) is 11.5. The van der Waals surface area contributed by atoms with Gasteiger partial charge in [0.05, 0.1) is 11.0 Å². The van der Waals surface area contributed by atoms with Gasteiger partial charge < -0.3 is 15.0 Å². The molecular weight excluding hydrogens is 321 g/mol. The minimum Gasteiger partial charge on any atom is -0.484 e. The molecule has 2 heterocycles. The lowest BCUT2D eigenvalue weighted by Crippen LogP contribution is -2.20. The molecule has 2 aromatic heterocycles. The van der Waals surface area contributed by atoms with Crippen molar-refractivity contribution in [2.75, 3.05) is 6.61 Å². The fraction of sp³-hybridized carbons (Fsp3) is 0.158. The fourth-order valence-electron chi connectivity index (χ4n) is 3.52. The number of aromatic nitrogens is 2. The van der Waals surface area contributed by atoms with Gasteiger partial charge in [0.1, 0.15) is 5.75 Å². The SMILES string of the molecule is Cc1c2ccncc2cc2c3cc(OCC(N)=O)cc(F)c3n(C)c12. The third-order valence-corrected chi connectivity index (χ3v) is 4.55. The quantitative estimate of drug-likeness (QED) is 0.624. The summed E-state index contributed by atoms with van der Waals surface area (Å²) < 4.78 is 21.9. The second-order valence-electron chi connectivity index (χ2n) is 6.11. The number of pyridine rings is 1. The first-order valence-electron chi connectivity index (χ1n) is 7.83. The van der Waals surface area contributed by atoms with Crippen LogP contribution in [0.15, 0.2) is 36.7 Å². The Labute approximate surface area is 142 Å². The zero-order chi connectivity index (χ0) is 17.7. The molecule has 2 aromatic carbocycles. The Morgan fingerprint density at radius 2 is 2.00 bits per heavy atom. The number of benzene rings is 2. The van der Waals surface area contributed by atoms with Gasteiger partial charge in [-0.2, -0.15) is 0 Å². The molecule has 2 N–H and O–H groups in total. The fourth-order valence-corrected chi connectivity index (χ4v) is 3.52. The van der Waals surface area contributed by atoms with E-state index in [1.807, 2.05) is 30.7 Å². The number of carbonyl (C=O) groups excluding carboxylic acids is 1. The Morgan fingerprint density at radius 1 is 1.24 bits per heavy atom. The number of nitrogens with zero attached hydrogens (tertiary/aromatic N) is 2. The summed E-state index contributed by atoms with van der Waals surface area (Å²) in [4.78, 5) is 15.1. The van der Waals surface area contributed by atoms with Crippen molar-refractivity contribution in [2.45, 2.75) is 6.92 Å². The van der Waals surface area contributed by atoms with Crippen LogP contribution in [0.1, 0.15) is 5.56 Å². The van der Waals surface area contributed by atoms with Gasteiger partial charge in [-0.15, -0.1) is 0 Å². The van der Waals surface area contributed by atoms with Gasteiger partial charge in [0.2, 0.25) is 0 Å². The number of nitrogens with two attached hydrogens (primary N) is 1. The number of halogens is 1. The van der Waals surface area contributed by atoms with Gasteiger partial charge in [0.15, 0.2) is 12.4 Å². The molecule has 0 fully saturated rings. The number of amides is 1. The maximum Gasteiger partial charge on any atom is 0.255 e. The van der Waals surface area contributed by atoms with Crippen LogP contribution in [0.25, 0.3) is 32.6 Å². The number of rotatable bonds is 3. The molecular formula is C19H16FN3O2. The van der Waals surface area contributed by atoms with Crippen molar-refractivity contribution in [3.63, 3.8) is 0 Å². The molecule has 25 heavy (non-hydrogen) atoms. The van der Waals surface area contributed by atoms with E-state index in [4.69, 9.17) is 10.5 Å². The van der Waals surface area contributed by atoms with E-state index >= 15 is 0 Å². The summed E-state index contributed by atoms with van der Waals surface area (Å²) in [5.41, 5.74) is 7.61. The van der Waals surface area contributed by atoms with Gasteiger partial charge in [-0.3, -0.25) is 9.78 Å². The lowest BCUT2D eigenvalue weighted by molar-refractivity contribution is -0.119. The van der Waals surface area contributed by atoms with Gasteiger partial charge in [-0.05, 0) is 36.1 Å². The summed E-state index contributed by atoms with van der Waals surface area (Å²) in [5.74, 6) is -0.733. The number of hydrogen-bond donors (Lipinski definition) is 1. The number of primary amides is 1. The highest BCUT2D eigenvalue weighted by Crippen LogP contribution is 2.37. The minimum absolute atomic E-state index is 0.278. The summed E-state index contributed by atoms with van der Waals surface area (Å²) in [5, 5.41) is 3.72. The molecule has 4 aromatic rings. The molecule has 126 valence electrons. The molecule has 0 saturated heterocycles. The molecule has 0 unspecified atom stereocenters. The smallest absolute Gasteiger partial charge is 0.255 e. The molecule has 0 aliphatic rings. The second kappa shape index (κ2) is 5.44. The van der Waals surface area contributed by atoms with Gasteiger partial charge in [0, 0.05) is 41.7 Å². The molecule has 0 atom stereocenters. The monoisotopic (exact) mass is 337 g/mol. The van der Waals surface area contributed by atoms with E-state index < -0.39 is 11.7 Å². The average molecular weight is 337 g/mol. The number of hydrogen-bond acceptors (Lipinski definition) is 3. The average Bonchev–Trinajstić information content (AvgIpc) is 2.86. The summed E-state index contributed by atoms with van der Waals surface area (Å²) in [6.45, 7) is 1.73. The van der Waals surface area contributed by atoms with E-state index in [0.717, 1.165) is 32.6 Å². The van der Waals surface area contributed by atoms with Crippen molar-refractivity contribution < 1.29 is 13.9 Å². The third kappa shape index (κ3) is 2.29. The minimum atomic E-state index is -0.605. The lowest BCUT2D eigenvalue weighted by atomic mass is 10.0. The van der Waals surface area contributed by atoms with E-state index in [2.05, 4.69) is 4.98 Å². The summed E-state index contributed by atoms with van der Waals surface area (Å²) in [7, 11) is 1.84. The van der Waals surface area contributed by atoms with Crippen LogP contribution in [0.3, 0.4) is 0 Å². The Kier molecular flexibility index (Phi) is 3.35. The predicted octanol–water partition coefficient (Wildman–Crippen LogP) is 3.19. The maximum atomic E-state index is 14.7. The third-order valence-electron chi connectivity index (χ3n) is 4.55. The van der Waals surface area contributed by atoms with Crippen molar-refractivity contribution in [3.05, 3.63) is 48.0 Å². The second-order valence-corrected chi connectivity index (χ2v) is 6.11. The summed E-state index contributed by atoms with van der Waals surface area (Å²) >= 11 is 0. The Balaban J connectivity index is 2.08. The van der Waals surface area contributed by atoms with Crippen LogP contribution in [-0.4, -0.2) is 22.1 Å². The maximum absolute atomic E-state index is 14.7. The molecule has 1 amide bonds. The lowest BCUT2D eigenvalue weighted by Gasteiger charge is -2.06. The highest BCUT2D eigenvalue weighted by molar-refractivity contribution is 6.14. The van der Waals surface area contributed by atoms with Crippen molar-refractivity contribution >= 4 is 38.5 Å². The van der Waals surface area contributed by atoms with Crippen molar-refractivity contribution in [1.82, 2.24) is 9.55 Å². The summed E-state index contributed by atoms with van der Waals surface area (Å²) in [6.07, 6.45) is 3.55. The van der Waals surface area contributed by atoms with Crippen LogP contribution in [-0.2, 0) is 11.8 Å². The van der Waals surface area contributed by atoms with Crippen molar-refractivity contribution in [2.24, 2.45) is 12.8 Å². The first-order chi connectivity index (χ1) is 12.0. The largest absolute Gasteiger partial charge is 0.484 e. The Morgan fingerprint density at radius 3 is 2.76 bits per heavy atom. The van der Waals surface area contributed by atoms with Crippen LogP contribution < -0.4 is 10.5 Å². The first kappa shape index (κ1) is 15.4. The number of carbonyl (C=O) groups is 1. The topological polar surface area (TPSA) is 70.1 Å².